The zero-order chi connectivity index (χ0) is 20.2. The minimum atomic E-state index is -0.00248. The van der Waals surface area contributed by atoms with Crippen LogP contribution in [-0.4, -0.2) is 23.5 Å². The van der Waals surface area contributed by atoms with E-state index in [1.807, 2.05) is 6.92 Å². The predicted molar refractivity (Wildman–Crippen MR) is 116 cm³/mol. The van der Waals surface area contributed by atoms with E-state index in [1.165, 1.54) is 36.8 Å². The van der Waals surface area contributed by atoms with Gasteiger partial charge in [-0.3, -0.25) is 9.69 Å². The topological polar surface area (TPSA) is 29.5 Å². The van der Waals surface area contributed by atoms with Gasteiger partial charge in [-0.15, -0.1) is 0 Å². The summed E-state index contributed by atoms with van der Waals surface area (Å²) < 4.78 is 5.58. The first-order valence-corrected chi connectivity index (χ1v) is 11.2. The molecule has 0 saturated heterocycles. The Bertz CT molecular complexity index is 783. The van der Waals surface area contributed by atoms with Crippen LogP contribution in [0, 0.1) is 17.8 Å². The molecule has 3 nitrogen and oxygen atoms in total. The van der Waals surface area contributed by atoms with Crippen LogP contribution < -0.4 is 0 Å². The number of rotatable bonds is 7. The van der Waals surface area contributed by atoms with Crippen molar-refractivity contribution in [3.8, 4) is 0 Å². The van der Waals surface area contributed by atoms with Gasteiger partial charge in [-0.1, -0.05) is 60.7 Å². The molecule has 0 N–H and O–H groups in total. The molecule has 3 saturated carbocycles. The Morgan fingerprint density at radius 1 is 0.966 bits per heavy atom. The molecule has 0 unspecified atom stereocenters. The quantitative estimate of drug-likeness (QED) is 0.574. The molecule has 0 heterocycles. The van der Waals surface area contributed by atoms with Crippen molar-refractivity contribution in [2.24, 2.45) is 17.8 Å². The van der Waals surface area contributed by atoms with Gasteiger partial charge in [0, 0.05) is 18.6 Å². The minimum Gasteiger partial charge on any atom is -0.466 e. The third-order valence-corrected chi connectivity index (χ3v) is 7.10. The Morgan fingerprint density at radius 2 is 1.55 bits per heavy atom. The fourth-order valence-corrected chi connectivity index (χ4v) is 5.68. The highest BCUT2D eigenvalue weighted by molar-refractivity contribution is 5.74. The lowest BCUT2D eigenvalue weighted by atomic mass is 9.61. The van der Waals surface area contributed by atoms with Crippen molar-refractivity contribution in [1.82, 2.24) is 4.90 Å². The summed E-state index contributed by atoms with van der Waals surface area (Å²) in [4.78, 5) is 15.7. The maximum Gasteiger partial charge on any atom is 0.310 e. The van der Waals surface area contributed by atoms with Crippen LogP contribution in [0.15, 0.2) is 60.7 Å². The summed E-state index contributed by atoms with van der Waals surface area (Å²) in [5.41, 5.74) is 2.62. The number of esters is 1. The first-order chi connectivity index (χ1) is 14.2. The number of carbonyl (C=O) groups is 1. The van der Waals surface area contributed by atoms with Crippen molar-refractivity contribution in [3.05, 3.63) is 71.8 Å². The third kappa shape index (κ3) is 4.25. The third-order valence-electron chi connectivity index (χ3n) is 7.10. The first-order valence-electron chi connectivity index (χ1n) is 11.2. The van der Waals surface area contributed by atoms with Crippen LogP contribution in [0.25, 0.3) is 0 Å². The second kappa shape index (κ2) is 9.13. The molecule has 5 rings (SSSR count). The van der Waals surface area contributed by atoms with E-state index in [0.717, 1.165) is 6.54 Å². The average Bonchev–Trinajstić information content (AvgIpc) is 2.78. The van der Waals surface area contributed by atoms with Gasteiger partial charge in [-0.25, -0.2) is 0 Å². The van der Waals surface area contributed by atoms with E-state index in [9.17, 15) is 4.79 Å². The van der Waals surface area contributed by atoms with E-state index in [4.69, 9.17) is 4.74 Å². The smallest absolute Gasteiger partial charge is 0.310 e. The maximum absolute atomic E-state index is 13.1. The van der Waals surface area contributed by atoms with Gasteiger partial charge in [0.05, 0.1) is 12.5 Å². The predicted octanol–water partition coefficient (Wildman–Crippen LogP) is 5.62. The van der Waals surface area contributed by atoms with Crippen molar-refractivity contribution in [2.45, 2.75) is 58.2 Å². The summed E-state index contributed by atoms with van der Waals surface area (Å²) in [7, 11) is 0. The van der Waals surface area contributed by atoms with Crippen molar-refractivity contribution in [1.29, 1.82) is 0 Å². The largest absolute Gasteiger partial charge is 0.466 e. The van der Waals surface area contributed by atoms with Crippen LogP contribution in [0.5, 0.6) is 0 Å². The molecule has 0 aromatic heterocycles. The highest BCUT2D eigenvalue weighted by Gasteiger charge is 2.50. The summed E-state index contributed by atoms with van der Waals surface area (Å²) in [5, 5.41) is 0. The van der Waals surface area contributed by atoms with Crippen LogP contribution in [0.1, 0.15) is 56.7 Å². The fraction of sp³-hybridized carbons (Fsp3) is 0.500. The molecule has 2 bridgehead atoms. The van der Waals surface area contributed by atoms with Gasteiger partial charge in [0.25, 0.3) is 0 Å². The Labute approximate surface area is 175 Å². The Hall–Kier alpha value is -2.13. The molecule has 0 aliphatic heterocycles. The highest BCUT2D eigenvalue weighted by atomic mass is 16.5. The molecule has 0 radical (unpaired) electrons. The highest BCUT2D eigenvalue weighted by Crippen LogP contribution is 2.49. The molecule has 3 fully saturated rings. The summed E-state index contributed by atoms with van der Waals surface area (Å²) in [6, 6.07) is 21.9. The van der Waals surface area contributed by atoms with E-state index >= 15 is 0 Å². The SMILES string of the molecule is CCOC(=O)[C@H]1C2CCC(CC2)[C@@H]1N(Cc1ccccc1)[C@@H](C)c1ccccc1. The number of ether oxygens (including phenoxy) is 1. The molecule has 3 aliphatic rings. The number of carbonyl (C=O) groups excluding carboxylic acids is 1. The number of benzene rings is 2. The van der Waals surface area contributed by atoms with E-state index in [1.54, 1.807) is 0 Å². The molecule has 3 atom stereocenters. The second-order valence-corrected chi connectivity index (χ2v) is 8.69. The average molecular weight is 392 g/mol. The molecular formula is C26H33NO2. The second-order valence-electron chi connectivity index (χ2n) is 8.69. The molecule has 0 spiro atoms. The molecule has 3 aliphatic carbocycles. The van der Waals surface area contributed by atoms with E-state index in [0.29, 0.717) is 18.4 Å². The molecule has 154 valence electrons. The van der Waals surface area contributed by atoms with Gasteiger partial charge in [-0.05, 0) is 62.5 Å². The van der Waals surface area contributed by atoms with Crippen molar-refractivity contribution >= 4 is 5.97 Å². The van der Waals surface area contributed by atoms with E-state index in [-0.39, 0.29) is 24.0 Å². The lowest BCUT2D eigenvalue weighted by Crippen LogP contribution is -2.56. The Morgan fingerprint density at radius 3 is 2.17 bits per heavy atom. The number of nitrogens with zero attached hydrogens (tertiary/aromatic N) is 1. The van der Waals surface area contributed by atoms with Crippen LogP contribution in [-0.2, 0) is 16.1 Å². The zero-order valence-electron chi connectivity index (χ0n) is 17.7. The maximum atomic E-state index is 13.1. The van der Waals surface area contributed by atoms with Crippen molar-refractivity contribution in [2.75, 3.05) is 6.61 Å². The van der Waals surface area contributed by atoms with E-state index in [2.05, 4.69) is 72.5 Å². The van der Waals surface area contributed by atoms with Crippen LogP contribution >= 0.6 is 0 Å². The van der Waals surface area contributed by atoms with Gasteiger partial charge in [-0.2, -0.15) is 0 Å². The number of fused-ring (bicyclic) bond motifs is 3. The molecule has 3 heteroatoms. The summed E-state index contributed by atoms with van der Waals surface area (Å²) in [5.74, 6) is 1.05. The fourth-order valence-electron chi connectivity index (χ4n) is 5.68. The van der Waals surface area contributed by atoms with Gasteiger partial charge < -0.3 is 4.74 Å². The Balaban J connectivity index is 1.70. The molecular weight excluding hydrogens is 358 g/mol. The first kappa shape index (κ1) is 20.2. The minimum absolute atomic E-state index is 0.00248. The molecule has 29 heavy (non-hydrogen) atoms. The lowest BCUT2D eigenvalue weighted by molar-refractivity contribution is -0.162. The van der Waals surface area contributed by atoms with Crippen LogP contribution in [0.4, 0.5) is 0 Å². The van der Waals surface area contributed by atoms with Crippen LogP contribution in [0.2, 0.25) is 0 Å². The standard InChI is InChI=1S/C26H33NO2/c1-3-29-26(28)24-22-14-16-23(17-15-22)25(24)27(18-20-10-6-4-7-11-20)19(2)21-12-8-5-9-13-21/h4-13,19,22-25H,3,14-18H2,1-2H3/t19-,22?,23?,24-,25-/m0/s1. The molecule has 2 aromatic rings. The van der Waals surface area contributed by atoms with Gasteiger partial charge in [0.15, 0.2) is 0 Å². The number of hydrogen-bond acceptors (Lipinski definition) is 3. The normalized spacial score (nSPS) is 27.0. The Kier molecular flexibility index (Phi) is 6.34. The monoisotopic (exact) mass is 391 g/mol. The van der Waals surface area contributed by atoms with E-state index < -0.39 is 0 Å². The zero-order valence-corrected chi connectivity index (χ0v) is 17.7. The summed E-state index contributed by atoms with van der Waals surface area (Å²) in [6.45, 7) is 5.54. The summed E-state index contributed by atoms with van der Waals surface area (Å²) in [6.07, 6.45) is 4.81. The number of hydrogen-bond donors (Lipinski definition) is 0. The van der Waals surface area contributed by atoms with Crippen molar-refractivity contribution < 1.29 is 9.53 Å². The lowest BCUT2D eigenvalue weighted by Gasteiger charge is -2.53. The molecule has 0 amide bonds. The van der Waals surface area contributed by atoms with Crippen molar-refractivity contribution in [3.63, 3.8) is 0 Å². The summed E-state index contributed by atoms with van der Waals surface area (Å²) >= 11 is 0. The van der Waals surface area contributed by atoms with Gasteiger partial charge in [0.1, 0.15) is 0 Å². The molecule has 2 aromatic carbocycles. The van der Waals surface area contributed by atoms with Gasteiger partial charge >= 0.3 is 5.97 Å². The van der Waals surface area contributed by atoms with Gasteiger partial charge in [0.2, 0.25) is 0 Å². The van der Waals surface area contributed by atoms with Crippen LogP contribution in [0.3, 0.4) is 0 Å².